The molecule has 142 valence electrons. The lowest BCUT2D eigenvalue weighted by Crippen LogP contribution is -2.61. The molecule has 2 aromatic carbocycles. The number of aliphatic hydroxyl groups excluding tert-OH is 1. The zero-order chi connectivity index (χ0) is 19.3. The first kappa shape index (κ1) is 21.5. The summed E-state index contributed by atoms with van der Waals surface area (Å²) in [7, 11) is 0. The molecule has 0 heterocycles. The van der Waals surface area contributed by atoms with Gasteiger partial charge in [0.2, 0.25) is 11.9 Å². The van der Waals surface area contributed by atoms with Crippen molar-refractivity contribution in [3.8, 4) is 0 Å². The van der Waals surface area contributed by atoms with Gasteiger partial charge in [-0.05, 0) is 12.1 Å². The van der Waals surface area contributed by atoms with Crippen LogP contribution >= 0.6 is 0 Å². The van der Waals surface area contributed by atoms with E-state index in [0.717, 1.165) is 0 Å². The van der Waals surface area contributed by atoms with Crippen molar-refractivity contribution in [3.05, 3.63) is 71.8 Å². The fourth-order valence-electron chi connectivity index (χ4n) is 2.24. The van der Waals surface area contributed by atoms with Gasteiger partial charge in [0.25, 0.3) is 0 Å². The van der Waals surface area contributed by atoms with Crippen LogP contribution in [0.1, 0.15) is 20.7 Å². The van der Waals surface area contributed by atoms with Crippen LogP contribution in [-0.4, -0.2) is 56.2 Å². The molecule has 0 saturated carbocycles. The smallest absolute Gasteiger partial charge is 0.360 e. The minimum Gasteiger partial charge on any atom is -0.479 e. The third-order valence-electron chi connectivity index (χ3n) is 3.57. The zero-order valence-electron chi connectivity index (χ0n) is 13.7. The molecule has 0 aromatic heterocycles. The van der Waals surface area contributed by atoms with Crippen molar-refractivity contribution in [3.63, 3.8) is 0 Å². The molecule has 0 unspecified atom stereocenters. The second-order valence-electron chi connectivity index (χ2n) is 5.23. The molecule has 9 heteroatoms. The molecule has 0 radical (unpaired) electrons. The summed E-state index contributed by atoms with van der Waals surface area (Å²) < 4.78 is 4.81. The summed E-state index contributed by atoms with van der Waals surface area (Å²) in [6, 6.07) is 13.9. The van der Waals surface area contributed by atoms with Gasteiger partial charge >= 0.3 is 23.5 Å². The van der Waals surface area contributed by atoms with E-state index in [2.05, 4.69) is 0 Å². The summed E-state index contributed by atoms with van der Waals surface area (Å²) in [6.45, 7) is 0. The van der Waals surface area contributed by atoms with E-state index in [4.69, 9.17) is 9.84 Å². The lowest BCUT2D eigenvalue weighted by atomic mass is 9.87. The molecule has 0 saturated heterocycles. The molecular weight excluding hydrogens is 360 g/mol. The van der Waals surface area contributed by atoms with Gasteiger partial charge in [-0.1, -0.05) is 48.5 Å². The largest absolute Gasteiger partial charge is 0.479 e. The number of carbonyl (C=O) groups excluding carboxylic acids is 2. The van der Waals surface area contributed by atoms with Gasteiger partial charge in [-0.3, -0.25) is 4.79 Å². The number of esters is 1. The average molecular weight is 376 g/mol. The van der Waals surface area contributed by atoms with Gasteiger partial charge in [0.1, 0.15) is 0 Å². The van der Waals surface area contributed by atoms with Crippen LogP contribution in [0, 0.1) is 0 Å². The van der Waals surface area contributed by atoms with Gasteiger partial charge in [-0.25, -0.2) is 14.4 Å². The predicted molar refractivity (Wildman–Crippen MR) is 90.3 cm³/mol. The number of ether oxygens (including phenoxy) is 1. The molecule has 27 heavy (non-hydrogen) atoms. The Kier molecular flexibility index (Phi) is 6.92. The topological polar surface area (TPSA) is 170 Å². The molecule has 2 atom stereocenters. The quantitative estimate of drug-likeness (QED) is 0.349. The predicted octanol–water partition coefficient (Wildman–Crippen LogP) is 0.170. The van der Waals surface area contributed by atoms with E-state index in [-0.39, 0.29) is 16.6 Å². The molecule has 0 bridgehead atoms. The molecule has 0 spiro atoms. The van der Waals surface area contributed by atoms with Crippen molar-refractivity contribution >= 4 is 23.7 Å². The minimum atomic E-state index is -3.35. The normalized spacial score (nSPS) is 13.4. The highest BCUT2D eigenvalue weighted by molar-refractivity contribution is 6.19. The molecule has 0 amide bonds. The van der Waals surface area contributed by atoms with Crippen LogP contribution in [0.3, 0.4) is 0 Å². The van der Waals surface area contributed by atoms with E-state index in [1.807, 2.05) is 0 Å². The molecule has 2 rings (SSSR count). The molecule has 5 N–H and O–H groups in total. The number of carbonyl (C=O) groups is 4. The van der Waals surface area contributed by atoms with Crippen LogP contribution in [0.2, 0.25) is 0 Å². The van der Waals surface area contributed by atoms with Crippen LogP contribution in [0.15, 0.2) is 60.7 Å². The third-order valence-corrected chi connectivity index (χ3v) is 3.57. The second kappa shape index (κ2) is 8.70. The van der Waals surface area contributed by atoms with Crippen LogP contribution in [0.25, 0.3) is 0 Å². The van der Waals surface area contributed by atoms with Crippen LogP contribution in [-0.2, 0) is 14.3 Å². The van der Waals surface area contributed by atoms with Crippen LogP contribution < -0.4 is 0 Å². The number of carboxylic acids is 2. The SMILES string of the molecule is O.O=C(O[C@](C(=O)O)(C(=O)c1ccccc1)[C@@H](O)C(=O)O)c1ccccc1. The van der Waals surface area contributed by atoms with Crippen molar-refractivity contribution in [2.24, 2.45) is 0 Å². The number of aliphatic carboxylic acids is 2. The van der Waals surface area contributed by atoms with Gasteiger partial charge in [0.15, 0.2) is 0 Å². The average Bonchev–Trinajstić information content (AvgIpc) is 2.65. The van der Waals surface area contributed by atoms with Crippen LogP contribution in [0.5, 0.6) is 0 Å². The molecule has 0 aliphatic carbocycles. The Bertz CT molecular complexity index is 832. The Morgan fingerprint density at radius 3 is 1.67 bits per heavy atom. The van der Waals surface area contributed by atoms with Gasteiger partial charge in [0.05, 0.1) is 5.56 Å². The summed E-state index contributed by atoms with van der Waals surface area (Å²) in [6.07, 6.45) is -2.82. The van der Waals surface area contributed by atoms with Gasteiger partial charge in [-0.15, -0.1) is 0 Å². The molecule has 0 fully saturated rings. The number of hydrogen-bond donors (Lipinski definition) is 3. The monoisotopic (exact) mass is 376 g/mol. The lowest BCUT2D eigenvalue weighted by molar-refractivity contribution is -0.176. The van der Waals surface area contributed by atoms with E-state index in [1.54, 1.807) is 12.1 Å². The number of hydrogen-bond acceptors (Lipinski definition) is 6. The number of Topliss-reactive ketones (excluding diaryl/α,β-unsaturated/α-hetero) is 1. The first-order valence-electron chi connectivity index (χ1n) is 7.33. The van der Waals surface area contributed by atoms with Gasteiger partial charge in [0, 0.05) is 5.56 Å². The Labute approximate surface area is 152 Å². The number of benzene rings is 2. The maximum absolute atomic E-state index is 12.7. The number of ketones is 1. The fraction of sp³-hybridized carbons (Fsp3) is 0.111. The van der Waals surface area contributed by atoms with Crippen molar-refractivity contribution in [2.45, 2.75) is 11.7 Å². The molecule has 0 aliphatic rings. The van der Waals surface area contributed by atoms with Crippen LogP contribution in [0.4, 0.5) is 0 Å². The lowest BCUT2D eigenvalue weighted by Gasteiger charge is -2.30. The summed E-state index contributed by atoms with van der Waals surface area (Å²) in [5.74, 6) is -6.77. The summed E-state index contributed by atoms with van der Waals surface area (Å²) in [5.41, 5.74) is -3.70. The molecule has 0 aliphatic heterocycles. The van der Waals surface area contributed by atoms with E-state index in [1.165, 1.54) is 48.5 Å². The first-order chi connectivity index (χ1) is 12.3. The fourth-order valence-corrected chi connectivity index (χ4v) is 2.24. The van der Waals surface area contributed by atoms with E-state index >= 15 is 0 Å². The highest BCUT2D eigenvalue weighted by atomic mass is 16.6. The Hall–Kier alpha value is -3.56. The van der Waals surface area contributed by atoms with Crippen molar-refractivity contribution in [2.75, 3.05) is 0 Å². The summed E-state index contributed by atoms with van der Waals surface area (Å²) >= 11 is 0. The highest BCUT2D eigenvalue weighted by Crippen LogP contribution is 2.25. The minimum absolute atomic E-state index is 0. The molecule has 9 nitrogen and oxygen atoms in total. The highest BCUT2D eigenvalue weighted by Gasteiger charge is 2.59. The molecular formula is C18H16O9. The standard InChI is InChI=1S/C18H14O8.H2O/c19-13(11-7-3-1-4-8-11)18(17(24)25,14(20)15(21)22)26-16(23)12-9-5-2-6-10-12;/h1-10,14,20H,(H,21,22)(H,24,25);1H2/t14-,18+;/m0./s1. The van der Waals surface area contributed by atoms with E-state index < -0.39 is 35.4 Å². The van der Waals surface area contributed by atoms with E-state index in [0.29, 0.717) is 0 Å². The second-order valence-corrected chi connectivity index (χ2v) is 5.23. The third kappa shape index (κ3) is 4.17. The Morgan fingerprint density at radius 2 is 1.26 bits per heavy atom. The summed E-state index contributed by atoms with van der Waals surface area (Å²) in [4.78, 5) is 48.1. The summed E-state index contributed by atoms with van der Waals surface area (Å²) in [5, 5.41) is 28.6. The van der Waals surface area contributed by atoms with Crippen molar-refractivity contribution in [1.82, 2.24) is 0 Å². The zero-order valence-corrected chi connectivity index (χ0v) is 13.7. The van der Waals surface area contributed by atoms with Crippen molar-refractivity contribution in [1.29, 1.82) is 0 Å². The Morgan fingerprint density at radius 1 is 0.815 bits per heavy atom. The van der Waals surface area contributed by atoms with Gasteiger partial charge in [-0.2, -0.15) is 0 Å². The first-order valence-corrected chi connectivity index (χ1v) is 7.33. The number of carboxylic acid groups (broad SMARTS) is 2. The van der Waals surface area contributed by atoms with E-state index in [9.17, 15) is 29.4 Å². The number of aliphatic hydroxyl groups is 1. The molecule has 2 aromatic rings. The maximum atomic E-state index is 12.7. The number of rotatable bonds is 7. The van der Waals surface area contributed by atoms with Gasteiger partial charge < -0.3 is 25.5 Å². The van der Waals surface area contributed by atoms with Crippen molar-refractivity contribution < 1.29 is 44.7 Å². The Balaban J connectivity index is 0.00000364. The maximum Gasteiger partial charge on any atom is 0.360 e.